The van der Waals surface area contributed by atoms with Gasteiger partial charge in [0.05, 0.1) is 27.5 Å². The van der Waals surface area contributed by atoms with Crippen molar-refractivity contribution in [2.45, 2.75) is 6.61 Å². The highest BCUT2D eigenvalue weighted by Crippen LogP contribution is 2.32. The van der Waals surface area contributed by atoms with Gasteiger partial charge in [-0.25, -0.2) is 0 Å². The zero-order valence-electron chi connectivity index (χ0n) is 12.1. The Morgan fingerprint density at radius 3 is 2.54 bits per heavy atom. The number of amides is 1. The fourth-order valence-corrected chi connectivity index (χ4v) is 3.43. The minimum Gasteiger partial charge on any atom is -0.506 e. The molecule has 8 heteroatoms. The molecule has 3 N–H and O–H groups in total. The normalized spacial score (nSPS) is 15.1. The van der Waals surface area contributed by atoms with E-state index in [0.717, 1.165) is 0 Å². The Morgan fingerprint density at radius 2 is 1.88 bits per heavy atom. The number of aromatic hydroxyl groups is 1. The van der Waals surface area contributed by atoms with E-state index in [2.05, 4.69) is 47.4 Å². The number of rotatable bonds is 3. The number of phenolic OH excluding ortho intramolecular Hbond substituents is 1. The molecule has 0 unspecified atom stereocenters. The first-order valence-electron chi connectivity index (χ1n) is 6.84. The van der Waals surface area contributed by atoms with Crippen molar-refractivity contribution in [3.8, 4) is 5.75 Å². The predicted molar refractivity (Wildman–Crippen MR) is 98.6 cm³/mol. The summed E-state index contributed by atoms with van der Waals surface area (Å²) in [7, 11) is 0. The minimum absolute atomic E-state index is 0.0964. The van der Waals surface area contributed by atoms with Gasteiger partial charge in [0.25, 0.3) is 5.91 Å². The van der Waals surface area contributed by atoms with Crippen molar-refractivity contribution in [3.05, 3.63) is 56.0 Å². The highest BCUT2D eigenvalue weighted by atomic mass is 79.9. The van der Waals surface area contributed by atoms with E-state index in [4.69, 9.17) is 0 Å². The number of hydrogen-bond acceptors (Lipinski definition) is 5. The number of nitrogens with one attached hydrogen (secondary N) is 1. The van der Waals surface area contributed by atoms with Crippen molar-refractivity contribution in [2.24, 2.45) is 10.2 Å². The molecule has 0 aliphatic carbocycles. The molecule has 3 rings (SSSR count). The first-order chi connectivity index (χ1) is 11.5. The molecule has 24 heavy (non-hydrogen) atoms. The van der Waals surface area contributed by atoms with E-state index in [1.165, 1.54) is 6.21 Å². The van der Waals surface area contributed by atoms with Gasteiger partial charge in [-0.05, 0) is 67.3 Å². The maximum absolute atomic E-state index is 12.0. The second-order valence-corrected chi connectivity index (χ2v) is 6.73. The van der Waals surface area contributed by atoms with Crippen molar-refractivity contribution in [1.29, 1.82) is 0 Å². The number of hydrogen-bond donors (Lipinski definition) is 3. The van der Waals surface area contributed by atoms with Crippen molar-refractivity contribution in [2.75, 3.05) is 5.32 Å². The van der Waals surface area contributed by atoms with E-state index in [1.807, 2.05) is 0 Å². The topological polar surface area (TPSA) is 94.3 Å². The fourth-order valence-electron chi connectivity index (χ4n) is 2.21. The Balaban J connectivity index is 1.92. The molecule has 1 heterocycles. The van der Waals surface area contributed by atoms with Crippen LogP contribution in [0.15, 0.2) is 49.5 Å². The molecule has 122 valence electrons. The molecule has 1 aliphatic heterocycles. The molecular formula is C16H11Br2N3O3. The van der Waals surface area contributed by atoms with Crippen molar-refractivity contribution >= 4 is 55.4 Å². The van der Waals surface area contributed by atoms with E-state index < -0.39 is 0 Å². The third-order valence-corrected chi connectivity index (χ3v) is 4.60. The third-order valence-electron chi connectivity index (χ3n) is 3.39. The Bertz CT molecular complexity index is 871. The summed E-state index contributed by atoms with van der Waals surface area (Å²) in [5.74, 6) is -0.246. The summed E-state index contributed by atoms with van der Waals surface area (Å²) in [5.41, 5.74) is 2.82. The quantitative estimate of drug-likeness (QED) is 0.493. The lowest BCUT2D eigenvalue weighted by Crippen LogP contribution is -2.13. The number of aliphatic hydroxyl groups excluding tert-OH is 1. The van der Waals surface area contributed by atoms with E-state index in [-0.39, 0.29) is 24.0 Å². The summed E-state index contributed by atoms with van der Waals surface area (Å²) in [5, 5.41) is 29.6. The van der Waals surface area contributed by atoms with Gasteiger partial charge in [0.1, 0.15) is 5.75 Å². The smallest absolute Gasteiger partial charge is 0.276 e. The molecule has 2 aromatic rings. The number of phenols is 1. The van der Waals surface area contributed by atoms with Gasteiger partial charge in [0.15, 0.2) is 5.71 Å². The molecule has 0 aromatic heterocycles. The molecular weight excluding hydrogens is 442 g/mol. The molecule has 0 atom stereocenters. The van der Waals surface area contributed by atoms with E-state index in [9.17, 15) is 15.0 Å². The van der Waals surface area contributed by atoms with Crippen LogP contribution >= 0.6 is 31.9 Å². The molecule has 0 fully saturated rings. The number of fused-ring (bicyclic) bond motifs is 1. The number of aliphatic hydroxyl groups is 1. The average molecular weight is 453 g/mol. The molecule has 1 aliphatic rings. The monoisotopic (exact) mass is 451 g/mol. The van der Waals surface area contributed by atoms with Gasteiger partial charge in [-0.3, -0.25) is 4.79 Å². The molecule has 6 nitrogen and oxygen atoms in total. The SMILES string of the molecule is O=C1Nc2ccc(CO)cc2/C1=N/N=C/c1cc(Br)c(O)c(Br)c1. The van der Waals surface area contributed by atoms with E-state index in [1.54, 1.807) is 30.3 Å². The van der Waals surface area contributed by atoms with Gasteiger partial charge in [-0.1, -0.05) is 6.07 Å². The van der Waals surface area contributed by atoms with E-state index in [0.29, 0.717) is 31.3 Å². The second kappa shape index (κ2) is 6.84. The largest absolute Gasteiger partial charge is 0.506 e. The minimum atomic E-state index is -0.342. The first-order valence-corrected chi connectivity index (χ1v) is 8.42. The average Bonchev–Trinajstić information content (AvgIpc) is 2.87. The van der Waals surface area contributed by atoms with Gasteiger partial charge in [-0.2, -0.15) is 5.10 Å². The van der Waals surface area contributed by atoms with Gasteiger partial charge in [0, 0.05) is 5.56 Å². The van der Waals surface area contributed by atoms with Crippen LogP contribution in [-0.4, -0.2) is 28.0 Å². The number of nitrogens with zero attached hydrogens (tertiary/aromatic N) is 2. The summed E-state index contributed by atoms with van der Waals surface area (Å²) >= 11 is 6.47. The number of anilines is 1. The molecule has 0 saturated heterocycles. The summed E-state index contributed by atoms with van der Waals surface area (Å²) < 4.78 is 1.03. The molecule has 0 spiro atoms. The standard InChI is InChI=1S/C16H11Br2N3O3/c17-11-4-9(5-12(18)15(11)23)6-19-21-14-10-3-8(7-22)1-2-13(10)20-16(14)24/h1-6,22-23H,7H2,(H,20,21,24)/b19-6+. The zero-order valence-corrected chi connectivity index (χ0v) is 15.3. The van der Waals surface area contributed by atoms with Crippen LogP contribution in [0.2, 0.25) is 0 Å². The third kappa shape index (κ3) is 3.26. The van der Waals surface area contributed by atoms with E-state index >= 15 is 0 Å². The molecule has 0 radical (unpaired) electrons. The Kier molecular flexibility index (Phi) is 4.79. The van der Waals surface area contributed by atoms with Crippen LogP contribution in [0.1, 0.15) is 16.7 Å². The first kappa shape index (κ1) is 16.8. The molecule has 1 amide bonds. The van der Waals surface area contributed by atoms with Gasteiger partial charge < -0.3 is 15.5 Å². The Morgan fingerprint density at radius 1 is 1.17 bits per heavy atom. The summed E-state index contributed by atoms with van der Waals surface area (Å²) in [6.07, 6.45) is 1.48. The fraction of sp³-hybridized carbons (Fsp3) is 0.0625. The molecule has 0 saturated carbocycles. The molecule has 0 bridgehead atoms. The summed E-state index contributed by atoms with van der Waals surface area (Å²) in [4.78, 5) is 12.0. The lowest BCUT2D eigenvalue weighted by atomic mass is 10.1. The van der Waals surface area contributed by atoms with Crippen LogP contribution in [0.4, 0.5) is 5.69 Å². The number of halogens is 2. The lowest BCUT2D eigenvalue weighted by Gasteiger charge is -2.01. The predicted octanol–water partition coefficient (Wildman–Crippen LogP) is 3.18. The number of benzene rings is 2. The van der Waals surface area contributed by atoms with Crippen molar-refractivity contribution in [1.82, 2.24) is 0 Å². The zero-order chi connectivity index (χ0) is 17.3. The van der Waals surface area contributed by atoms with Crippen LogP contribution < -0.4 is 5.32 Å². The highest BCUT2D eigenvalue weighted by molar-refractivity contribution is 9.11. The molecule has 2 aromatic carbocycles. The van der Waals surface area contributed by atoms with Crippen molar-refractivity contribution in [3.63, 3.8) is 0 Å². The van der Waals surface area contributed by atoms with Crippen LogP contribution in [-0.2, 0) is 11.4 Å². The van der Waals surface area contributed by atoms with Gasteiger partial charge in [-0.15, -0.1) is 5.10 Å². The highest BCUT2D eigenvalue weighted by Gasteiger charge is 2.26. The van der Waals surface area contributed by atoms with Gasteiger partial charge >= 0.3 is 0 Å². The van der Waals surface area contributed by atoms with Crippen LogP contribution in [0.25, 0.3) is 0 Å². The maximum Gasteiger partial charge on any atom is 0.276 e. The summed E-state index contributed by atoms with van der Waals surface area (Å²) in [6.45, 7) is -0.117. The Labute approximate surface area is 154 Å². The van der Waals surface area contributed by atoms with Crippen LogP contribution in [0, 0.1) is 0 Å². The number of carbonyl (C=O) groups is 1. The Hall–Kier alpha value is -2.03. The maximum atomic E-state index is 12.0. The van der Waals surface area contributed by atoms with Crippen molar-refractivity contribution < 1.29 is 15.0 Å². The van der Waals surface area contributed by atoms with Gasteiger partial charge in [0.2, 0.25) is 0 Å². The van der Waals surface area contributed by atoms with Crippen LogP contribution in [0.3, 0.4) is 0 Å². The second-order valence-electron chi connectivity index (χ2n) is 5.02. The van der Waals surface area contributed by atoms with Crippen LogP contribution in [0.5, 0.6) is 5.75 Å². The summed E-state index contributed by atoms with van der Waals surface area (Å²) in [6, 6.07) is 8.51. The lowest BCUT2D eigenvalue weighted by molar-refractivity contribution is -0.110. The number of carbonyl (C=O) groups excluding carboxylic acids is 1.